The third-order valence-corrected chi connectivity index (χ3v) is 3.44. The molecule has 0 saturated carbocycles. The van der Waals surface area contributed by atoms with Gasteiger partial charge in [0.2, 0.25) is 0 Å². The lowest BCUT2D eigenvalue weighted by Gasteiger charge is -2.27. The summed E-state index contributed by atoms with van der Waals surface area (Å²) < 4.78 is 0. The smallest absolute Gasteiger partial charge is 0.330 e. The quantitative estimate of drug-likeness (QED) is 0.633. The lowest BCUT2D eigenvalue weighted by molar-refractivity contribution is -0.385. The first-order valence-corrected chi connectivity index (χ1v) is 7.19. The molecule has 0 spiro atoms. The SMILES string of the molecule is CC(C)(C)C(=O)ON1CC=C(c2ccccc2[N+](=O)[O-])CC1. The average Bonchev–Trinajstić information content (AvgIpc) is 2.47. The van der Waals surface area contributed by atoms with E-state index in [1.165, 1.54) is 6.07 Å². The standard InChI is InChI=1S/C16H20N2O4/c1-16(2,3)15(19)22-17-10-8-12(9-11-17)13-6-4-5-7-14(13)18(20)21/h4-8H,9-11H2,1-3H3. The highest BCUT2D eigenvalue weighted by atomic mass is 16.7. The summed E-state index contributed by atoms with van der Waals surface area (Å²) in [6.45, 7) is 6.36. The van der Waals surface area contributed by atoms with Gasteiger partial charge in [0.05, 0.1) is 22.4 Å². The monoisotopic (exact) mass is 304 g/mol. The molecule has 1 aliphatic rings. The second kappa shape index (κ2) is 6.27. The number of carbonyl (C=O) groups is 1. The molecule has 0 aliphatic carbocycles. The summed E-state index contributed by atoms with van der Waals surface area (Å²) in [5.41, 5.74) is 1.10. The van der Waals surface area contributed by atoms with Crippen molar-refractivity contribution in [2.75, 3.05) is 13.1 Å². The lowest BCUT2D eigenvalue weighted by Crippen LogP contribution is -2.36. The minimum absolute atomic E-state index is 0.105. The maximum atomic E-state index is 11.9. The van der Waals surface area contributed by atoms with Crippen LogP contribution in [0.3, 0.4) is 0 Å². The Balaban J connectivity index is 2.10. The molecule has 22 heavy (non-hydrogen) atoms. The highest BCUT2D eigenvalue weighted by Crippen LogP contribution is 2.30. The van der Waals surface area contributed by atoms with Crippen molar-refractivity contribution in [2.45, 2.75) is 27.2 Å². The molecule has 0 N–H and O–H groups in total. The number of rotatable bonds is 3. The van der Waals surface area contributed by atoms with Crippen LogP contribution in [0.2, 0.25) is 0 Å². The number of benzene rings is 1. The van der Waals surface area contributed by atoms with Crippen molar-refractivity contribution in [3.8, 4) is 0 Å². The zero-order valence-corrected chi connectivity index (χ0v) is 13.0. The maximum Gasteiger partial charge on any atom is 0.330 e. The zero-order valence-electron chi connectivity index (χ0n) is 13.0. The highest BCUT2D eigenvalue weighted by Gasteiger charge is 2.27. The van der Waals surface area contributed by atoms with Crippen LogP contribution in [-0.4, -0.2) is 29.0 Å². The normalized spacial score (nSPS) is 16.0. The molecular weight excluding hydrogens is 284 g/mol. The van der Waals surface area contributed by atoms with Crippen molar-refractivity contribution in [1.82, 2.24) is 5.06 Å². The van der Waals surface area contributed by atoms with Crippen LogP contribution in [0.5, 0.6) is 0 Å². The Kier molecular flexibility index (Phi) is 4.61. The first-order chi connectivity index (χ1) is 10.3. The van der Waals surface area contributed by atoms with E-state index in [-0.39, 0.29) is 16.6 Å². The fourth-order valence-corrected chi connectivity index (χ4v) is 2.14. The number of nitro benzene ring substituents is 1. The molecule has 0 saturated heterocycles. The number of nitro groups is 1. The van der Waals surface area contributed by atoms with Gasteiger partial charge >= 0.3 is 5.97 Å². The Hall–Kier alpha value is -2.21. The van der Waals surface area contributed by atoms with Gasteiger partial charge in [0.25, 0.3) is 5.69 Å². The van der Waals surface area contributed by atoms with Crippen LogP contribution < -0.4 is 0 Å². The molecule has 1 aliphatic heterocycles. The molecule has 6 nitrogen and oxygen atoms in total. The molecule has 2 rings (SSSR count). The van der Waals surface area contributed by atoms with E-state index in [9.17, 15) is 14.9 Å². The van der Waals surface area contributed by atoms with Gasteiger partial charge in [-0.15, -0.1) is 5.06 Å². The van der Waals surface area contributed by atoms with Crippen LogP contribution in [-0.2, 0) is 9.63 Å². The summed E-state index contributed by atoms with van der Waals surface area (Å²) in [5, 5.41) is 12.7. The van der Waals surface area contributed by atoms with Crippen molar-refractivity contribution in [3.63, 3.8) is 0 Å². The van der Waals surface area contributed by atoms with Crippen LogP contribution >= 0.6 is 0 Å². The van der Waals surface area contributed by atoms with Crippen LogP contribution in [0.15, 0.2) is 30.3 Å². The van der Waals surface area contributed by atoms with Crippen LogP contribution in [0, 0.1) is 15.5 Å². The maximum absolute atomic E-state index is 11.9. The largest absolute Gasteiger partial charge is 0.367 e. The number of hydrogen-bond acceptors (Lipinski definition) is 5. The average molecular weight is 304 g/mol. The van der Waals surface area contributed by atoms with E-state index in [0.29, 0.717) is 25.1 Å². The first-order valence-electron chi connectivity index (χ1n) is 7.19. The molecule has 6 heteroatoms. The number of nitrogens with zero attached hydrogens (tertiary/aromatic N) is 2. The van der Waals surface area contributed by atoms with Gasteiger partial charge in [-0.25, -0.2) is 4.79 Å². The molecule has 0 bridgehead atoms. The summed E-state index contributed by atoms with van der Waals surface area (Å²) in [4.78, 5) is 27.9. The first kappa shape index (κ1) is 16.2. The topological polar surface area (TPSA) is 72.7 Å². The van der Waals surface area contributed by atoms with Gasteiger partial charge in [-0.05, 0) is 38.8 Å². The molecule has 118 valence electrons. The van der Waals surface area contributed by atoms with Gasteiger partial charge < -0.3 is 4.84 Å². The second-order valence-corrected chi connectivity index (χ2v) is 6.27. The summed E-state index contributed by atoms with van der Waals surface area (Å²) in [6.07, 6.45) is 2.48. The summed E-state index contributed by atoms with van der Waals surface area (Å²) in [7, 11) is 0. The van der Waals surface area contributed by atoms with E-state index < -0.39 is 5.41 Å². The number of para-hydroxylation sites is 1. The van der Waals surface area contributed by atoms with Crippen LogP contribution in [0.25, 0.3) is 5.57 Å². The summed E-state index contributed by atoms with van der Waals surface area (Å²) in [6, 6.07) is 6.70. The third kappa shape index (κ3) is 3.71. The lowest BCUT2D eigenvalue weighted by atomic mass is 9.97. The molecule has 0 unspecified atom stereocenters. The Bertz CT molecular complexity index is 617. The van der Waals surface area contributed by atoms with Crippen molar-refractivity contribution in [3.05, 3.63) is 46.0 Å². The molecule has 1 heterocycles. The molecule has 0 fully saturated rings. The Morgan fingerprint density at radius 2 is 2.00 bits per heavy atom. The van der Waals surface area contributed by atoms with E-state index in [0.717, 1.165) is 5.57 Å². The van der Waals surface area contributed by atoms with Crippen molar-refractivity contribution in [1.29, 1.82) is 0 Å². The zero-order chi connectivity index (χ0) is 16.3. The van der Waals surface area contributed by atoms with Crippen molar-refractivity contribution < 1.29 is 14.6 Å². The molecule has 1 aromatic carbocycles. The predicted molar refractivity (Wildman–Crippen MR) is 82.8 cm³/mol. The minimum Gasteiger partial charge on any atom is -0.367 e. The molecule has 0 radical (unpaired) electrons. The highest BCUT2D eigenvalue weighted by molar-refractivity contribution is 5.75. The Morgan fingerprint density at radius 3 is 2.55 bits per heavy atom. The molecule has 0 aromatic heterocycles. The second-order valence-electron chi connectivity index (χ2n) is 6.27. The van der Waals surface area contributed by atoms with Crippen LogP contribution in [0.4, 0.5) is 5.69 Å². The van der Waals surface area contributed by atoms with Gasteiger partial charge in [-0.3, -0.25) is 10.1 Å². The molecule has 0 atom stereocenters. The van der Waals surface area contributed by atoms with Gasteiger partial charge in [-0.1, -0.05) is 18.2 Å². The van der Waals surface area contributed by atoms with Crippen molar-refractivity contribution >= 4 is 17.2 Å². The van der Waals surface area contributed by atoms with E-state index in [4.69, 9.17) is 4.84 Å². The molecule has 1 aromatic rings. The molecule has 0 amide bonds. The fourth-order valence-electron chi connectivity index (χ4n) is 2.14. The fraction of sp³-hybridized carbons (Fsp3) is 0.438. The summed E-state index contributed by atoms with van der Waals surface area (Å²) in [5.74, 6) is -0.282. The predicted octanol–water partition coefficient (Wildman–Crippen LogP) is 3.19. The number of carbonyl (C=O) groups excluding carboxylic acids is 1. The number of hydroxylamine groups is 2. The van der Waals surface area contributed by atoms with Crippen LogP contribution in [0.1, 0.15) is 32.8 Å². The molecular formula is C16H20N2O4. The van der Waals surface area contributed by atoms with E-state index >= 15 is 0 Å². The third-order valence-electron chi connectivity index (χ3n) is 3.44. The number of hydrogen-bond donors (Lipinski definition) is 0. The van der Waals surface area contributed by atoms with E-state index in [2.05, 4.69) is 0 Å². The Morgan fingerprint density at radius 1 is 1.32 bits per heavy atom. The Labute approximate surface area is 129 Å². The van der Waals surface area contributed by atoms with E-state index in [1.807, 2.05) is 6.08 Å². The minimum atomic E-state index is -0.553. The van der Waals surface area contributed by atoms with Gasteiger partial charge in [0, 0.05) is 12.6 Å². The van der Waals surface area contributed by atoms with Crippen molar-refractivity contribution in [2.24, 2.45) is 5.41 Å². The van der Waals surface area contributed by atoms with Gasteiger partial charge in [0.15, 0.2) is 0 Å². The summed E-state index contributed by atoms with van der Waals surface area (Å²) >= 11 is 0. The van der Waals surface area contributed by atoms with Gasteiger partial charge in [0.1, 0.15) is 0 Å². The van der Waals surface area contributed by atoms with Gasteiger partial charge in [-0.2, -0.15) is 0 Å². The van der Waals surface area contributed by atoms with E-state index in [1.54, 1.807) is 44.0 Å².